The number of H-pyrrole nitrogens is 1. The molecule has 3 aromatic rings. The van der Waals surface area contributed by atoms with Gasteiger partial charge in [0.2, 0.25) is 0 Å². The molecule has 0 spiro atoms. The highest BCUT2D eigenvalue weighted by Crippen LogP contribution is 2.38. The number of amides is 1. The number of nitrogens with zero attached hydrogens (tertiary/aromatic N) is 4. The first-order chi connectivity index (χ1) is 11.3. The second kappa shape index (κ2) is 5.68. The van der Waals surface area contributed by atoms with Gasteiger partial charge in [-0.3, -0.25) is 9.89 Å². The molecule has 0 bridgehead atoms. The molecule has 2 N–H and O–H groups in total. The van der Waals surface area contributed by atoms with Gasteiger partial charge in [-0.1, -0.05) is 0 Å². The molecule has 1 aliphatic carbocycles. The van der Waals surface area contributed by atoms with Crippen LogP contribution in [0, 0.1) is 0 Å². The minimum Gasteiger partial charge on any atom is -0.347 e. The first-order valence-corrected chi connectivity index (χ1v) is 7.58. The van der Waals surface area contributed by atoms with Crippen LogP contribution in [0.1, 0.15) is 40.5 Å². The van der Waals surface area contributed by atoms with Crippen molar-refractivity contribution < 1.29 is 4.79 Å². The van der Waals surface area contributed by atoms with Crippen molar-refractivity contribution in [2.45, 2.75) is 25.3 Å². The zero-order valence-electron chi connectivity index (χ0n) is 12.4. The van der Waals surface area contributed by atoms with Crippen molar-refractivity contribution in [2.24, 2.45) is 0 Å². The van der Waals surface area contributed by atoms with Gasteiger partial charge in [-0.25, -0.2) is 9.67 Å². The molecule has 7 nitrogen and oxygen atoms in total. The molecule has 0 atom stereocenters. The molecule has 0 unspecified atom stereocenters. The summed E-state index contributed by atoms with van der Waals surface area (Å²) in [4.78, 5) is 16.4. The second-order valence-electron chi connectivity index (χ2n) is 5.64. The summed E-state index contributed by atoms with van der Waals surface area (Å²) < 4.78 is 1.68. The lowest BCUT2D eigenvalue weighted by Crippen LogP contribution is -2.23. The highest BCUT2D eigenvalue weighted by molar-refractivity contribution is 5.92. The van der Waals surface area contributed by atoms with E-state index in [0.29, 0.717) is 18.2 Å². The SMILES string of the molecule is O=C(NCc1ccnc(-n2cccn2)c1)c1cc(C2CC2)[nH]n1. The van der Waals surface area contributed by atoms with Gasteiger partial charge in [-0.15, -0.1) is 0 Å². The third kappa shape index (κ3) is 2.98. The molecular formula is C16H16N6O. The molecule has 1 fully saturated rings. The average molecular weight is 308 g/mol. The Morgan fingerprint density at radius 2 is 2.26 bits per heavy atom. The van der Waals surface area contributed by atoms with Crippen molar-refractivity contribution in [3.05, 3.63) is 59.8 Å². The number of pyridine rings is 1. The Morgan fingerprint density at radius 1 is 1.35 bits per heavy atom. The largest absolute Gasteiger partial charge is 0.347 e. The lowest BCUT2D eigenvalue weighted by Gasteiger charge is -2.05. The number of aromatic amines is 1. The zero-order valence-corrected chi connectivity index (χ0v) is 12.4. The van der Waals surface area contributed by atoms with Gasteiger partial charge in [0, 0.05) is 36.7 Å². The van der Waals surface area contributed by atoms with E-state index < -0.39 is 0 Å². The molecule has 0 radical (unpaired) electrons. The Bertz CT molecular complexity index is 819. The van der Waals surface area contributed by atoms with E-state index in [0.717, 1.165) is 17.1 Å². The first kappa shape index (κ1) is 13.7. The fourth-order valence-corrected chi connectivity index (χ4v) is 2.43. The summed E-state index contributed by atoms with van der Waals surface area (Å²) >= 11 is 0. The van der Waals surface area contributed by atoms with E-state index in [9.17, 15) is 4.79 Å². The van der Waals surface area contributed by atoms with E-state index in [-0.39, 0.29) is 5.91 Å². The minimum absolute atomic E-state index is 0.175. The zero-order chi connectivity index (χ0) is 15.6. The van der Waals surface area contributed by atoms with Crippen LogP contribution in [-0.2, 0) is 6.54 Å². The van der Waals surface area contributed by atoms with Crippen LogP contribution in [0.25, 0.3) is 5.82 Å². The van der Waals surface area contributed by atoms with Crippen LogP contribution in [0.4, 0.5) is 0 Å². The Labute approximate surface area is 132 Å². The van der Waals surface area contributed by atoms with Crippen LogP contribution in [-0.4, -0.2) is 30.9 Å². The van der Waals surface area contributed by atoms with Crippen molar-refractivity contribution >= 4 is 5.91 Å². The molecule has 116 valence electrons. The average Bonchev–Trinajstić information content (AvgIpc) is 3.09. The maximum absolute atomic E-state index is 12.2. The van der Waals surface area contributed by atoms with E-state index in [1.54, 1.807) is 17.1 Å². The number of nitrogens with one attached hydrogen (secondary N) is 2. The third-order valence-corrected chi connectivity index (χ3v) is 3.85. The number of aromatic nitrogens is 5. The summed E-state index contributed by atoms with van der Waals surface area (Å²) in [5.74, 6) is 1.10. The smallest absolute Gasteiger partial charge is 0.272 e. The highest BCUT2D eigenvalue weighted by Gasteiger charge is 2.26. The maximum Gasteiger partial charge on any atom is 0.272 e. The molecule has 3 aromatic heterocycles. The summed E-state index contributed by atoms with van der Waals surface area (Å²) in [5.41, 5.74) is 2.45. The molecule has 4 rings (SSSR count). The van der Waals surface area contributed by atoms with Crippen LogP contribution >= 0.6 is 0 Å². The fraction of sp³-hybridized carbons (Fsp3) is 0.250. The van der Waals surface area contributed by atoms with E-state index >= 15 is 0 Å². The molecule has 23 heavy (non-hydrogen) atoms. The first-order valence-electron chi connectivity index (χ1n) is 7.58. The van der Waals surface area contributed by atoms with Gasteiger partial charge >= 0.3 is 0 Å². The van der Waals surface area contributed by atoms with Gasteiger partial charge in [-0.2, -0.15) is 10.2 Å². The lowest BCUT2D eigenvalue weighted by molar-refractivity contribution is 0.0946. The Hall–Kier alpha value is -2.96. The number of carbonyl (C=O) groups excluding carboxylic acids is 1. The second-order valence-corrected chi connectivity index (χ2v) is 5.64. The van der Waals surface area contributed by atoms with Gasteiger partial charge in [0.05, 0.1) is 0 Å². The molecule has 7 heteroatoms. The van der Waals surface area contributed by atoms with Gasteiger partial charge in [0.15, 0.2) is 5.82 Å². The summed E-state index contributed by atoms with van der Waals surface area (Å²) in [6.07, 6.45) is 7.59. The molecule has 0 saturated heterocycles. The van der Waals surface area contributed by atoms with E-state index in [1.807, 2.05) is 30.5 Å². The molecule has 0 aliphatic heterocycles. The molecule has 1 aliphatic rings. The van der Waals surface area contributed by atoms with Crippen molar-refractivity contribution in [3.8, 4) is 5.82 Å². The maximum atomic E-state index is 12.2. The molecule has 3 heterocycles. The Kier molecular flexibility index (Phi) is 3.38. The molecule has 1 amide bonds. The number of rotatable bonds is 5. The summed E-state index contributed by atoms with van der Waals surface area (Å²) in [6, 6.07) is 7.45. The van der Waals surface area contributed by atoms with Crippen LogP contribution in [0.3, 0.4) is 0 Å². The van der Waals surface area contributed by atoms with Crippen molar-refractivity contribution in [3.63, 3.8) is 0 Å². The van der Waals surface area contributed by atoms with Gasteiger partial charge < -0.3 is 5.32 Å². The van der Waals surface area contributed by atoms with E-state index in [4.69, 9.17) is 0 Å². The number of hydrogen-bond donors (Lipinski definition) is 2. The molecular weight excluding hydrogens is 292 g/mol. The predicted octanol–water partition coefficient (Wildman–Crippen LogP) is 1.80. The summed E-state index contributed by atoms with van der Waals surface area (Å²) in [5, 5.41) is 14.1. The topological polar surface area (TPSA) is 88.5 Å². The van der Waals surface area contributed by atoms with Gasteiger partial charge in [0.25, 0.3) is 5.91 Å². The number of carbonyl (C=O) groups is 1. The van der Waals surface area contributed by atoms with Crippen molar-refractivity contribution in [2.75, 3.05) is 0 Å². The summed E-state index contributed by atoms with van der Waals surface area (Å²) in [7, 11) is 0. The van der Waals surface area contributed by atoms with E-state index in [1.165, 1.54) is 12.8 Å². The quantitative estimate of drug-likeness (QED) is 0.752. The Balaban J connectivity index is 1.42. The normalized spacial score (nSPS) is 13.9. The third-order valence-electron chi connectivity index (χ3n) is 3.85. The fourth-order valence-electron chi connectivity index (χ4n) is 2.43. The number of hydrogen-bond acceptors (Lipinski definition) is 4. The highest BCUT2D eigenvalue weighted by atomic mass is 16.1. The van der Waals surface area contributed by atoms with Crippen LogP contribution < -0.4 is 5.32 Å². The van der Waals surface area contributed by atoms with Crippen LogP contribution in [0.15, 0.2) is 42.9 Å². The molecule has 0 aromatic carbocycles. The summed E-state index contributed by atoms with van der Waals surface area (Å²) in [6.45, 7) is 0.418. The van der Waals surface area contributed by atoms with Crippen LogP contribution in [0.5, 0.6) is 0 Å². The van der Waals surface area contributed by atoms with Crippen molar-refractivity contribution in [1.29, 1.82) is 0 Å². The standard InChI is InChI=1S/C16H16N6O/c23-16(14-9-13(20-21-14)12-2-3-12)18-10-11-4-6-17-15(8-11)22-7-1-5-19-22/h1,4-9,12H,2-3,10H2,(H,18,23)(H,20,21). The Morgan fingerprint density at radius 3 is 3.04 bits per heavy atom. The van der Waals surface area contributed by atoms with Gasteiger partial charge in [-0.05, 0) is 42.7 Å². The van der Waals surface area contributed by atoms with Gasteiger partial charge in [0.1, 0.15) is 5.69 Å². The van der Waals surface area contributed by atoms with Crippen LogP contribution in [0.2, 0.25) is 0 Å². The molecule has 1 saturated carbocycles. The van der Waals surface area contributed by atoms with Crippen molar-refractivity contribution in [1.82, 2.24) is 30.3 Å². The minimum atomic E-state index is -0.175. The monoisotopic (exact) mass is 308 g/mol. The van der Waals surface area contributed by atoms with E-state index in [2.05, 4.69) is 25.6 Å². The predicted molar refractivity (Wildman–Crippen MR) is 83.1 cm³/mol. The lowest BCUT2D eigenvalue weighted by atomic mass is 10.2.